The van der Waals surface area contributed by atoms with Crippen LogP contribution >= 0.6 is 0 Å². The molecule has 1 aromatic rings. The van der Waals surface area contributed by atoms with E-state index < -0.39 is 10.0 Å². The highest BCUT2D eigenvalue weighted by Gasteiger charge is 2.33. The maximum atomic E-state index is 12.7. The van der Waals surface area contributed by atoms with Gasteiger partial charge in [-0.15, -0.1) is 0 Å². The summed E-state index contributed by atoms with van der Waals surface area (Å²) in [5.41, 5.74) is 6.94. The van der Waals surface area contributed by atoms with E-state index in [2.05, 4.69) is 0 Å². The maximum absolute atomic E-state index is 12.7. The molecule has 0 spiro atoms. The van der Waals surface area contributed by atoms with Crippen molar-refractivity contribution in [3.05, 3.63) is 29.8 Å². The molecular weight excluding hydrogens is 260 g/mol. The first-order valence-electron chi connectivity index (χ1n) is 6.81. The Balaban J connectivity index is 2.31. The molecule has 0 amide bonds. The van der Waals surface area contributed by atoms with Gasteiger partial charge in [0, 0.05) is 18.6 Å². The van der Waals surface area contributed by atoms with Crippen LogP contribution in [0.5, 0.6) is 0 Å². The van der Waals surface area contributed by atoms with Crippen molar-refractivity contribution in [1.82, 2.24) is 4.31 Å². The molecular formula is C14H22N2O2S. The highest BCUT2D eigenvalue weighted by molar-refractivity contribution is 7.89. The molecule has 0 radical (unpaired) electrons. The Labute approximate surface area is 115 Å². The van der Waals surface area contributed by atoms with E-state index in [0.29, 0.717) is 11.4 Å². The lowest BCUT2D eigenvalue weighted by atomic mass is 10.0. The standard InChI is InChI=1S/C14H22N2O2S/c1-3-12-5-4-6-14(10-12)19(17,18)16-8-7-13(15)9-11(16)2/h4-6,10-11,13H,3,7-9,15H2,1-2H3. The van der Waals surface area contributed by atoms with Gasteiger partial charge in [-0.2, -0.15) is 4.31 Å². The Morgan fingerprint density at radius 1 is 1.42 bits per heavy atom. The summed E-state index contributed by atoms with van der Waals surface area (Å²) in [5, 5.41) is 0. The number of benzene rings is 1. The SMILES string of the molecule is CCc1cccc(S(=O)(=O)N2CCC(N)CC2C)c1. The summed E-state index contributed by atoms with van der Waals surface area (Å²) in [6.07, 6.45) is 2.30. The quantitative estimate of drug-likeness (QED) is 0.918. The van der Waals surface area contributed by atoms with E-state index in [-0.39, 0.29) is 12.1 Å². The number of hydrogen-bond donors (Lipinski definition) is 1. The summed E-state index contributed by atoms with van der Waals surface area (Å²) in [4.78, 5) is 0.397. The fourth-order valence-corrected chi connectivity index (χ4v) is 4.33. The number of aryl methyl sites for hydroxylation is 1. The zero-order valence-electron chi connectivity index (χ0n) is 11.5. The minimum atomic E-state index is -3.39. The van der Waals surface area contributed by atoms with Crippen LogP contribution in [-0.4, -0.2) is 31.4 Å². The van der Waals surface area contributed by atoms with Crippen molar-refractivity contribution in [1.29, 1.82) is 0 Å². The van der Waals surface area contributed by atoms with Gasteiger partial charge in [0.25, 0.3) is 0 Å². The lowest BCUT2D eigenvalue weighted by molar-refractivity contribution is 0.247. The highest BCUT2D eigenvalue weighted by atomic mass is 32.2. The molecule has 0 aromatic heterocycles. The number of sulfonamides is 1. The molecule has 106 valence electrons. The number of piperidine rings is 1. The number of nitrogens with two attached hydrogens (primary N) is 1. The number of hydrogen-bond acceptors (Lipinski definition) is 3. The summed E-state index contributed by atoms with van der Waals surface area (Å²) in [6, 6.07) is 7.30. The van der Waals surface area contributed by atoms with Crippen molar-refractivity contribution >= 4 is 10.0 Å². The topological polar surface area (TPSA) is 63.4 Å². The first-order valence-corrected chi connectivity index (χ1v) is 8.25. The van der Waals surface area contributed by atoms with Crippen LogP contribution in [0.3, 0.4) is 0 Å². The third-order valence-corrected chi connectivity index (χ3v) is 5.78. The molecule has 0 aliphatic carbocycles. The van der Waals surface area contributed by atoms with E-state index in [1.165, 1.54) is 0 Å². The summed E-state index contributed by atoms with van der Waals surface area (Å²) in [6.45, 7) is 4.47. The Morgan fingerprint density at radius 3 is 2.79 bits per heavy atom. The Bertz CT molecular complexity index is 542. The largest absolute Gasteiger partial charge is 0.328 e. The maximum Gasteiger partial charge on any atom is 0.243 e. The van der Waals surface area contributed by atoms with Crippen molar-refractivity contribution in [2.45, 2.75) is 50.1 Å². The van der Waals surface area contributed by atoms with E-state index in [0.717, 1.165) is 24.8 Å². The van der Waals surface area contributed by atoms with E-state index in [1.807, 2.05) is 26.0 Å². The average Bonchev–Trinajstić information content (AvgIpc) is 2.38. The van der Waals surface area contributed by atoms with E-state index in [1.54, 1.807) is 16.4 Å². The van der Waals surface area contributed by atoms with Gasteiger partial charge in [-0.1, -0.05) is 19.1 Å². The van der Waals surface area contributed by atoms with Crippen LogP contribution in [0.15, 0.2) is 29.2 Å². The predicted octanol–water partition coefficient (Wildman–Crippen LogP) is 1.75. The molecule has 2 rings (SSSR count). The second-order valence-corrected chi connectivity index (χ2v) is 7.14. The molecule has 19 heavy (non-hydrogen) atoms. The van der Waals surface area contributed by atoms with Gasteiger partial charge in [-0.05, 0) is 43.9 Å². The Hall–Kier alpha value is -0.910. The molecule has 1 saturated heterocycles. The van der Waals surface area contributed by atoms with Gasteiger partial charge in [0.2, 0.25) is 10.0 Å². The molecule has 0 saturated carbocycles. The van der Waals surface area contributed by atoms with Gasteiger partial charge in [0.05, 0.1) is 4.90 Å². The van der Waals surface area contributed by atoms with Crippen LogP contribution in [0.25, 0.3) is 0 Å². The fraction of sp³-hybridized carbons (Fsp3) is 0.571. The molecule has 1 heterocycles. The van der Waals surface area contributed by atoms with Crippen molar-refractivity contribution in [2.75, 3.05) is 6.54 Å². The summed E-state index contributed by atoms with van der Waals surface area (Å²) in [7, 11) is -3.39. The first-order chi connectivity index (χ1) is 8.95. The molecule has 4 nitrogen and oxygen atoms in total. The highest BCUT2D eigenvalue weighted by Crippen LogP contribution is 2.25. The van der Waals surface area contributed by atoms with Crippen molar-refractivity contribution in [2.24, 2.45) is 5.73 Å². The zero-order chi connectivity index (χ0) is 14.0. The van der Waals surface area contributed by atoms with Gasteiger partial charge < -0.3 is 5.73 Å². The molecule has 0 bridgehead atoms. The second-order valence-electron chi connectivity index (χ2n) is 5.25. The first kappa shape index (κ1) is 14.5. The van der Waals surface area contributed by atoms with Gasteiger partial charge in [0.15, 0.2) is 0 Å². The molecule has 1 aliphatic rings. The molecule has 2 atom stereocenters. The van der Waals surface area contributed by atoms with Crippen molar-refractivity contribution < 1.29 is 8.42 Å². The summed E-state index contributed by atoms with van der Waals surface area (Å²) in [5.74, 6) is 0. The molecule has 1 aliphatic heterocycles. The number of rotatable bonds is 3. The Morgan fingerprint density at radius 2 is 2.16 bits per heavy atom. The van der Waals surface area contributed by atoms with Crippen LogP contribution in [-0.2, 0) is 16.4 Å². The molecule has 1 aromatic carbocycles. The second kappa shape index (κ2) is 5.61. The molecule has 5 heteroatoms. The van der Waals surface area contributed by atoms with Crippen LogP contribution in [0.2, 0.25) is 0 Å². The van der Waals surface area contributed by atoms with Gasteiger partial charge in [-0.25, -0.2) is 8.42 Å². The monoisotopic (exact) mass is 282 g/mol. The van der Waals surface area contributed by atoms with Gasteiger partial charge in [-0.3, -0.25) is 0 Å². The fourth-order valence-electron chi connectivity index (χ4n) is 2.61. The van der Waals surface area contributed by atoms with Crippen molar-refractivity contribution in [3.8, 4) is 0 Å². The summed E-state index contributed by atoms with van der Waals surface area (Å²) >= 11 is 0. The molecule has 2 N–H and O–H groups in total. The van der Waals surface area contributed by atoms with E-state index in [4.69, 9.17) is 5.73 Å². The van der Waals surface area contributed by atoms with E-state index >= 15 is 0 Å². The third-order valence-electron chi connectivity index (χ3n) is 3.77. The minimum absolute atomic E-state index is 0.0287. The van der Waals surface area contributed by atoms with E-state index in [9.17, 15) is 8.42 Å². The van der Waals surface area contributed by atoms with Crippen LogP contribution in [0, 0.1) is 0 Å². The van der Waals surface area contributed by atoms with Gasteiger partial charge in [0.1, 0.15) is 0 Å². The van der Waals surface area contributed by atoms with Crippen LogP contribution < -0.4 is 5.73 Å². The predicted molar refractivity (Wildman–Crippen MR) is 76.4 cm³/mol. The lowest BCUT2D eigenvalue weighted by Gasteiger charge is -2.35. The Kier molecular flexibility index (Phi) is 4.28. The average molecular weight is 282 g/mol. The smallest absolute Gasteiger partial charge is 0.243 e. The lowest BCUT2D eigenvalue weighted by Crippen LogP contribution is -2.48. The number of nitrogens with zero attached hydrogens (tertiary/aromatic N) is 1. The molecule has 1 fully saturated rings. The summed E-state index contributed by atoms with van der Waals surface area (Å²) < 4.78 is 26.9. The normalized spacial score (nSPS) is 25.4. The zero-order valence-corrected chi connectivity index (χ0v) is 12.4. The minimum Gasteiger partial charge on any atom is -0.328 e. The van der Waals surface area contributed by atoms with Crippen LogP contribution in [0.1, 0.15) is 32.3 Å². The molecule has 2 unspecified atom stereocenters. The van der Waals surface area contributed by atoms with Crippen molar-refractivity contribution in [3.63, 3.8) is 0 Å². The van der Waals surface area contributed by atoms with Crippen LogP contribution in [0.4, 0.5) is 0 Å². The van der Waals surface area contributed by atoms with Gasteiger partial charge >= 0.3 is 0 Å². The third kappa shape index (κ3) is 2.99.